The highest BCUT2D eigenvalue weighted by molar-refractivity contribution is 6.00. The standard InChI is InChI=1S/C27H33N3O5/c1-2-24(28-35-25-9-5-7-20-6-3-4-8-23(20)25)21-10-12-22(13-11-21)34-19-27(33)30-16-14-29(15-17-30)26(32)18-31/h3-4,6,8,10-13,25,31H,2,5,7,9,14-19H2,1H3. The molecule has 1 aliphatic carbocycles. The van der Waals surface area contributed by atoms with Crippen molar-refractivity contribution in [3.8, 4) is 5.75 Å². The number of aliphatic hydroxyl groups excluding tert-OH is 1. The van der Waals surface area contributed by atoms with Gasteiger partial charge in [-0.05, 0) is 66.6 Å². The van der Waals surface area contributed by atoms with Crippen LogP contribution < -0.4 is 4.74 Å². The molecular formula is C27H33N3O5. The molecule has 1 atom stereocenters. The number of fused-ring (bicyclic) bond motifs is 1. The maximum absolute atomic E-state index is 12.5. The molecule has 0 spiro atoms. The summed E-state index contributed by atoms with van der Waals surface area (Å²) in [5.74, 6) is 0.174. The fourth-order valence-corrected chi connectivity index (χ4v) is 4.55. The second-order valence-electron chi connectivity index (χ2n) is 8.81. The van der Waals surface area contributed by atoms with Crippen molar-refractivity contribution >= 4 is 17.5 Å². The zero-order valence-electron chi connectivity index (χ0n) is 20.2. The number of aliphatic hydroxyl groups is 1. The van der Waals surface area contributed by atoms with E-state index in [1.165, 1.54) is 11.1 Å². The van der Waals surface area contributed by atoms with Crippen LogP contribution in [-0.4, -0.2) is 71.8 Å². The first-order valence-electron chi connectivity index (χ1n) is 12.3. The molecular weight excluding hydrogens is 446 g/mol. The second kappa shape index (κ2) is 11.8. The third-order valence-electron chi connectivity index (χ3n) is 6.61. The molecule has 1 unspecified atom stereocenters. The van der Waals surface area contributed by atoms with Gasteiger partial charge < -0.3 is 24.5 Å². The summed E-state index contributed by atoms with van der Waals surface area (Å²) in [5.41, 5.74) is 4.40. The molecule has 0 radical (unpaired) electrons. The number of rotatable bonds is 8. The van der Waals surface area contributed by atoms with Crippen LogP contribution in [0.5, 0.6) is 5.75 Å². The van der Waals surface area contributed by atoms with E-state index in [1.54, 1.807) is 9.80 Å². The monoisotopic (exact) mass is 479 g/mol. The van der Waals surface area contributed by atoms with E-state index in [0.717, 1.165) is 37.0 Å². The maximum atomic E-state index is 12.5. The average molecular weight is 480 g/mol. The number of piperazine rings is 1. The molecule has 2 aromatic carbocycles. The Morgan fingerprint density at radius 2 is 1.69 bits per heavy atom. The number of oxime groups is 1. The fourth-order valence-electron chi connectivity index (χ4n) is 4.55. The van der Waals surface area contributed by atoms with Crippen LogP contribution in [0.3, 0.4) is 0 Å². The number of hydrogen-bond acceptors (Lipinski definition) is 6. The number of carbonyl (C=O) groups excluding carboxylic acids is 2. The molecule has 0 aromatic heterocycles. The Hall–Kier alpha value is -3.39. The van der Waals surface area contributed by atoms with Crippen LogP contribution in [0.15, 0.2) is 53.7 Å². The summed E-state index contributed by atoms with van der Waals surface area (Å²) in [6.45, 7) is 3.21. The van der Waals surface area contributed by atoms with E-state index < -0.39 is 6.61 Å². The highest BCUT2D eigenvalue weighted by Crippen LogP contribution is 2.32. The van der Waals surface area contributed by atoms with E-state index in [0.29, 0.717) is 31.9 Å². The Bertz CT molecular complexity index is 1050. The summed E-state index contributed by atoms with van der Waals surface area (Å²) in [4.78, 5) is 33.3. The molecule has 2 aliphatic rings. The first-order valence-corrected chi connectivity index (χ1v) is 12.3. The van der Waals surface area contributed by atoms with E-state index in [4.69, 9.17) is 14.7 Å². The lowest BCUT2D eigenvalue weighted by Gasteiger charge is -2.34. The van der Waals surface area contributed by atoms with Gasteiger partial charge in [0.15, 0.2) is 12.7 Å². The number of nitrogens with zero attached hydrogens (tertiary/aromatic N) is 3. The van der Waals surface area contributed by atoms with Gasteiger partial charge in [0.05, 0.1) is 5.71 Å². The van der Waals surface area contributed by atoms with Crippen LogP contribution in [0, 0.1) is 0 Å². The molecule has 2 aromatic rings. The zero-order valence-corrected chi connectivity index (χ0v) is 20.2. The first-order chi connectivity index (χ1) is 17.1. The smallest absolute Gasteiger partial charge is 0.260 e. The molecule has 186 valence electrons. The van der Waals surface area contributed by atoms with E-state index in [1.807, 2.05) is 37.3 Å². The van der Waals surface area contributed by atoms with E-state index in [-0.39, 0.29) is 24.5 Å². The Kier molecular flexibility index (Phi) is 8.36. The summed E-state index contributed by atoms with van der Waals surface area (Å²) < 4.78 is 5.70. The van der Waals surface area contributed by atoms with Crippen molar-refractivity contribution in [3.05, 3.63) is 65.2 Å². The number of aryl methyl sites for hydroxylation is 1. The topological polar surface area (TPSA) is 91.7 Å². The molecule has 8 nitrogen and oxygen atoms in total. The van der Waals surface area contributed by atoms with Crippen molar-refractivity contribution in [1.82, 2.24) is 9.80 Å². The Labute approximate surface area is 206 Å². The third-order valence-corrected chi connectivity index (χ3v) is 6.61. The molecule has 1 heterocycles. The van der Waals surface area contributed by atoms with E-state index >= 15 is 0 Å². The van der Waals surface area contributed by atoms with Crippen molar-refractivity contribution in [2.45, 2.75) is 38.7 Å². The highest BCUT2D eigenvalue weighted by atomic mass is 16.6. The van der Waals surface area contributed by atoms with Crippen molar-refractivity contribution in [2.75, 3.05) is 39.4 Å². The van der Waals surface area contributed by atoms with Crippen LogP contribution in [0.4, 0.5) is 0 Å². The van der Waals surface area contributed by atoms with Crippen molar-refractivity contribution in [3.63, 3.8) is 0 Å². The molecule has 8 heteroatoms. The predicted molar refractivity (Wildman–Crippen MR) is 132 cm³/mol. The lowest BCUT2D eigenvalue weighted by molar-refractivity contribution is -0.142. The number of benzene rings is 2. The SMILES string of the molecule is CCC(=NOC1CCCc2ccccc21)c1ccc(OCC(=O)N2CCN(C(=O)CO)CC2)cc1. The average Bonchev–Trinajstić information content (AvgIpc) is 2.92. The van der Waals surface area contributed by atoms with E-state index in [9.17, 15) is 9.59 Å². The Morgan fingerprint density at radius 3 is 2.37 bits per heavy atom. The summed E-state index contributed by atoms with van der Waals surface area (Å²) in [6.07, 6.45) is 3.87. The van der Waals surface area contributed by atoms with Gasteiger partial charge in [-0.2, -0.15) is 0 Å². The normalized spacial score (nSPS) is 18.1. The van der Waals surface area contributed by atoms with Gasteiger partial charge in [0.25, 0.3) is 5.91 Å². The van der Waals surface area contributed by atoms with Gasteiger partial charge in [-0.25, -0.2) is 0 Å². The summed E-state index contributed by atoms with van der Waals surface area (Å²) in [5, 5.41) is 13.5. The van der Waals surface area contributed by atoms with Crippen LogP contribution >= 0.6 is 0 Å². The molecule has 1 fully saturated rings. The third kappa shape index (κ3) is 6.19. The van der Waals surface area contributed by atoms with Gasteiger partial charge in [-0.3, -0.25) is 9.59 Å². The minimum absolute atomic E-state index is 0.0151. The van der Waals surface area contributed by atoms with Gasteiger partial charge in [-0.1, -0.05) is 36.3 Å². The number of carbonyl (C=O) groups is 2. The molecule has 2 amide bonds. The summed E-state index contributed by atoms with van der Waals surface area (Å²) in [7, 11) is 0. The minimum atomic E-state index is -0.502. The molecule has 1 aliphatic heterocycles. The second-order valence-corrected chi connectivity index (χ2v) is 8.81. The van der Waals surface area contributed by atoms with Crippen LogP contribution in [0.25, 0.3) is 0 Å². The zero-order chi connectivity index (χ0) is 24.6. The first kappa shape index (κ1) is 24.7. The van der Waals surface area contributed by atoms with Crippen molar-refractivity contribution in [2.24, 2.45) is 5.16 Å². The number of amides is 2. The van der Waals surface area contributed by atoms with Gasteiger partial charge in [0.2, 0.25) is 5.91 Å². The van der Waals surface area contributed by atoms with Gasteiger partial charge >= 0.3 is 0 Å². The Morgan fingerprint density at radius 1 is 1.00 bits per heavy atom. The summed E-state index contributed by atoms with van der Waals surface area (Å²) >= 11 is 0. The van der Waals surface area contributed by atoms with Crippen LogP contribution in [0.1, 0.15) is 49.0 Å². The fraction of sp³-hybridized carbons (Fsp3) is 0.444. The van der Waals surface area contributed by atoms with Crippen LogP contribution in [-0.2, 0) is 20.8 Å². The predicted octanol–water partition coefficient (Wildman–Crippen LogP) is 2.94. The van der Waals surface area contributed by atoms with Gasteiger partial charge in [-0.15, -0.1) is 0 Å². The van der Waals surface area contributed by atoms with Gasteiger partial charge in [0, 0.05) is 26.2 Å². The van der Waals surface area contributed by atoms with E-state index in [2.05, 4.69) is 23.4 Å². The summed E-state index contributed by atoms with van der Waals surface area (Å²) in [6, 6.07) is 15.9. The number of ether oxygens (including phenoxy) is 1. The molecule has 1 N–H and O–H groups in total. The molecule has 0 bridgehead atoms. The molecule has 4 rings (SSSR count). The van der Waals surface area contributed by atoms with Gasteiger partial charge in [0.1, 0.15) is 12.4 Å². The van der Waals surface area contributed by atoms with Crippen molar-refractivity contribution < 1.29 is 24.3 Å². The van der Waals surface area contributed by atoms with Crippen molar-refractivity contribution in [1.29, 1.82) is 0 Å². The quantitative estimate of drug-likeness (QED) is 0.464. The lowest BCUT2D eigenvalue weighted by Crippen LogP contribution is -2.52. The largest absolute Gasteiger partial charge is 0.484 e. The Balaban J connectivity index is 1.29. The van der Waals surface area contributed by atoms with Crippen LogP contribution in [0.2, 0.25) is 0 Å². The highest BCUT2D eigenvalue weighted by Gasteiger charge is 2.24. The molecule has 35 heavy (non-hydrogen) atoms. The molecule has 1 saturated heterocycles. The minimum Gasteiger partial charge on any atom is -0.484 e. The molecule has 0 saturated carbocycles. The number of hydrogen-bond donors (Lipinski definition) is 1. The maximum Gasteiger partial charge on any atom is 0.260 e. The lowest BCUT2D eigenvalue weighted by atomic mass is 9.90.